The first kappa shape index (κ1) is 13.4. The van der Waals surface area contributed by atoms with E-state index < -0.39 is 0 Å². The number of hydrogen-bond acceptors (Lipinski definition) is 6. The minimum Gasteiger partial charge on any atom is -0.497 e. The van der Waals surface area contributed by atoms with E-state index in [2.05, 4.69) is 15.5 Å². The van der Waals surface area contributed by atoms with Crippen LogP contribution in [0.4, 0.5) is 0 Å². The van der Waals surface area contributed by atoms with Crippen LogP contribution in [0.25, 0.3) is 0 Å². The van der Waals surface area contributed by atoms with Crippen LogP contribution in [-0.2, 0) is 13.1 Å². The molecule has 0 spiro atoms. The lowest BCUT2D eigenvalue weighted by Crippen LogP contribution is -2.13. The van der Waals surface area contributed by atoms with Gasteiger partial charge in [0.25, 0.3) is 0 Å². The summed E-state index contributed by atoms with van der Waals surface area (Å²) in [6.07, 6.45) is 0. The van der Waals surface area contributed by atoms with Crippen LogP contribution in [0.1, 0.15) is 17.3 Å². The van der Waals surface area contributed by atoms with E-state index in [1.807, 2.05) is 18.2 Å². The van der Waals surface area contributed by atoms with Gasteiger partial charge >= 0.3 is 0 Å². The van der Waals surface area contributed by atoms with Crippen LogP contribution >= 0.6 is 0 Å². The van der Waals surface area contributed by atoms with E-state index in [9.17, 15) is 0 Å². The first-order chi connectivity index (χ1) is 9.22. The van der Waals surface area contributed by atoms with Crippen molar-refractivity contribution in [3.63, 3.8) is 0 Å². The topological polar surface area (TPSA) is 69.4 Å². The fourth-order valence-corrected chi connectivity index (χ4v) is 1.71. The standard InChI is InChI=1S/C13H17N3O3/c1-9-15-13(19-16-9)8-14-7-10-4-5-11(17-2)6-12(10)18-3/h4-6,14H,7-8H2,1-3H3. The predicted octanol–water partition coefficient (Wildman–Crippen LogP) is 1.69. The van der Waals surface area contributed by atoms with Crippen LogP contribution in [0.3, 0.4) is 0 Å². The second-order valence-electron chi connectivity index (χ2n) is 4.02. The Hall–Kier alpha value is -2.08. The number of hydrogen-bond donors (Lipinski definition) is 1. The zero-order valence-corrected chi connectivity index (χ0v) is 11.3. The zero-order chi connectivity index (χ0) is 13.7. The maximum absolute atomic E-state index is 5.32. The molecule has 1 aromatic heterocycles. The summed E-state index contributed by atoms with van der Waals surface area (Å²) in [5.74, 6) is 2.77. The van der Waals surface area contributed by atoms with Gasteiger partial charge in [-0.2, -0.15) is 4.98 Å². The second kappa shape index (κ2) is 6.19. The molecule has 0 saturated heterocycles. The van der Waals surface area contributed by atoms with Crippen LogP contribution in [0.15, 0.2) is 22.7 Å². The number of methoxy groups -OCH3 is 2. The summed E-state index contributed by atoms with van der Waals surface area (Å²) in [7, 11) is 3.27. The highest BCUT2D eigenvalue weighted by Gasteiger charge is 2.06. The van der Waals surface area contributed by atoms with E-state index >= 15 is 0 Å². The molecule has 0 amide bonds. The average Bonchev–Trinajstić information content (AvgIpc) is 2.84. The maximum atomic E-state index is 5.32. The Morgan fingerprint density at radius 2 is 2.05 bits per heavy atom. The minimum absolute atomic E-state index is 0.524. The van der Waals surface area contributed by atoms with Gasteiger partial charge in [0.05, 0.1) is 20.8 Å². The van der Waals surface area contributed by atoms with Crippen LogP contribution in [0.5, 0.6) is 11.5 Å². The van der Waals surface area contributed by atoms with E-state index in [-0.39, 0.29) is 0 Å². The second-order valence-corrected chi connectivity index (χ2v) is 4.02. The van der Waals surface area contributed by atoms with Gasteiger partial charge in [-0.3, -0.25) is 0 Å². The van der Waals surface area contributed by atoms with E-state index in [1.165, 1.54) is 0 Å². The van der Waals surface area contributed by atoms with Crippen molar-refractivity contribution in [3.8, 4) is 11.5 Å². The molecule has 2 rings (SSSR count). The largest absolute Gasteiger partial charge is 0.497 e. The molecule has 0 saturated carbocycles. The molecule has 0 fully saturated rings. The number of aromatic nitrogens is 2. The highest BCUT2D eigenvalue weighted by atomic mass is 16.5. The van der Waals surface area contributed by atoms with Crippen molar-refractivity contribution in [2.75, 3.05) is 14.2 Å². The summed E-state index contributed by atoms with van der Waals surface area (Å²) in [5.41, 5.74) is 1.04. The molecule has 6 nitrogen and oxygen atoms in total. The summed E-state index contributed by atoms with van der Waals surface area (Å²) < 4.78 is 15.5. The van der Waals surface area contributed by atoms with Gasteiger partial charge in [0.15, 0.2) is 5.82 Å². The van der Waals surface area contributed by atoms with Crippen molar-refractivity contribution >= 4 is 0 Å². The highest BCUT2D eigenvalue weighted by molar-refractivity contribution is 5.40. The fraction of sp³-hybridized carbons (Fsp3) is 0.385. The molecule has 0 bridgehead atoms. The fourth-order valence-electron chi connectivity index (χ4n) is 1.71. The molecule has 6 heteroatoms. The van der Waals surface area contributed by atoms with Gasteiger partial charge < -0.3 is 19.3 Å². The van der Waals surface area contributed by atoms with Gasteiger partial charge in [0.1, 0.15) is 11.5 Å². The Kier molecular flexibility index (Phi) is 4.35. The Bertz CT molecular complexity index is 540. The third-order valence-electron chi connectivity index (χ3n) is 2.66. The van der Waals surface area contributed by atoms with Gasteiger partial charge in [-0.1, -0.05) is 11.2 Å². The van der Waals surface area contributed by atoms with Gasteiger partial charge in [-0.25, -0.2) is 0 Å². The first-order valence-corrected chi connectivity index (χ1v) is 5.93. The quantitative estimate of drug-likeness (QED) is 0.855. The van der Waals surface area contributed by atoms with E-state index in [1.54, 1.807) is 21.1 Å². The molecule has 0 aliphatic rings. The Morgan fingerprint density at radius 3 is 2.68 bits per heavy atom. The molecule has 0 atom stereocenters. The van der Waals surface area contributed by atoms with Crippen molar-refractivity contribution in [2.45, 2.75) is 20.0 Å². The first-order valence-electron chi connectivity index (χ1n) is 5.93. The van der Waals surface area contributed by atoms with Crippen molar-refractivity contribution in [2.24, 2.45) is 0 Å². The third kappa shape index (κ3) is 3.45. The summed E-state index contributed by atoms with van der Waals surface area (Å²) in [6, 6.07) is 5.72. The Balaban J connectivity index is 1.95. The summed E-state index contributed by atoms with van der Waals surface area (Å²) in [5, 5.41) is 6.96. The zero-order valence-electron chi connectivity index (χ0n) is 11.3. The van der Waals surface area contributed by atoms with Gasteiger partial charge in [-0.05, 0) is 13.0 Å². The summed E-state index contributed by atoms with van der Waals surface area (Å²) in [4.78, 5) is 4.12. The molecule has 19 heavy (non-hydrogen) atoms. The molecular weight excluding hydrogens is 246 g/mol. The van der Waals surface area contributed by atoms with E-state index in [0.717, 1.165) is 17.1 Å². The number of nitrogens with one attached hydrogen (secondary N) is 1. The van der Waals surface area contributed by atoms with Crippen LogP contribution < -0.4 is 14.8 Å². The molecule has 102 valence electrons. The van der Waals surface area contributed by atoms with Crippen molar-refractivity contribution in [1.82, 2.24) is 15.5 Å². The van der Waals surface area contributed by atoms with Crippen LogP contribution in [-0.4, -0.2) is 24.4 Å². The molecule has 0 radical (unpaired) electrons. The minimum atomic E-state index is 0.524. The highest BCUT2D eigenvalue weighted by Crippen LogP contribution is 2.24. The number of aryl methyl sites for hydroxylation is 1. The lowest BCUT2D eigenvalue weighted by Gasteiger charge is -2.10. The van der Waals surface area contributed by atoms with Crippen molar-refractivity contribution in [3.05, 3.63) is 35.5 Å². The summed E-state index contributed by atoms with van der Waals surface area (Å²) >= 11 is 0. The molecule has 1 N–H and O–H groups in total. The van der Waals surface area contributed by atoms with Crippen molar-refractivity contribution in [1.29, 1.82) is 0 Å². The molecule has 2 aromatic rings. The normalized spacial score (nSPS) is 10.5. The molecule has 0 aliphatic heterocycles. The maximum Gasteiger partial charge on any atom is 0.240 e. The van der Waals surface area contributed by atoms with Crippen LogP contribution in [0.2, 0.25) is 0 Å². The number of nitrogens with zero attached hydrogens (tertiary/aromatic N) is 2. The van der Waals surface area contributed by atoms with Gasteiger partial charge in [0, 0.05) is 18.2 Å². The predicted molar refractivity (Wildman–Crippen MR) is 69.1 cm³/mol. The molecule has 1 heterocycles. The monoisotopic (exact) mass is 263 g/mol. The third-order valence-corrected chi connectivity index (χ3v) is 2.66. The van der Waals surface area contributed by atoms with Crippen LogP contribution in [0, 0.1) is 6.92 Å². The average molecular weight is 263 g/mol. The SMILES string of the molecule is COc1ccc(CNCc2nc(C)no2)c(OC)c1. The molecule has 0 aliphatic carbocycles. The molecule has 0 unspecified atom stereocenters. The van der Waals surface area contributed by atoms with E-state index in [4.69, 9.17) is 14.0 Å². The lowest BCUT2D eigenvalue weighted by atomic mass is 10.2. The number of rotatable bonds is 6. The number of benzene rings is 1. The Labute approximate surface area is 111 Å². The Morgan fingerprint density at radius 1 is 1.21 bits per heavy atom. The van der Waals surface area contributed by atoms with Gasteiger partial charge in [0.2, 0.25) is 5.89 Å². The van der Waals surface area contributed by atoms with Crippen molar-refractivity contribution < 1.29 is 14.0 Å². The van der Waals surface area contributed by atoms with E-state index in [0.29, 0.717) is 24.8 Å². The van der Waals surface area contributed by atoms with Gasteiger partial charge in [-0.15, -0.1) is 0 Å². The molecule has 1 aromatic carbocycles. The smallest absolute Gasteiger partial charge is 0.240 e. The number of ether oxygens (including phenoxy) is 2. The summed E-state index contributed by atoms with van der Waals surface area (Å²) in [6.45, 7) is 2.96. The molecular formula is C13H17N3O3. The lowest BCUT2D eigenvalue weighted by molar-refractivity contribution is 0.362.